The number of fused-ring (bicyclic) bond motifs is 1. The zero-order chi connectivity index (χ0) is 13.4. The molecule has 3 rings (SSSR count). The molecule has 0 unspecified atom stereocenters. The number of aromatic amines is 1. The van der Waals surface area contributed by atoms with Crippen molar-refractivity contribution >= 4 is 17.0 Å². The topological polar surface area (TPSA) is 72.8 Å². The maximum atomic E-state index is 11.7. The number of esters is 1. The second-order valence-corrected chi connectivity index (χ2v) is 4.20. The van der Waals surface area contributed by atoms with Crippen LogP contribution in [0.25, 0.3) is 22.6 Å². The molecule has 0 saturated carbocycles. The summed E-state index contributed by atoms with van der Waals surface area (Å²) in [6.07, 6.45) is 3.55. The summed E-state index contributed by atoms with van der Waals surface area (Å²) in [5, 5.41) is 0. The second-order valence-electron chi connectivity index (χ2n) is 4.20. The zero-order valence-electron chi connectivity index (χ0n) is 10.5. The molecule has 3 aromatic rings. The van der Waals surface area contributed by atoms with Crippen LogP contribution in [0.15, 0.2) is 30.7 Å². The number of para-hydroxylation sites is 1. The van der Waals surface area contributed by atoms with Crippen LogP contribution in [0.5, 0.6) is 0 Å². The third-order valence-electron chi connectivity index (χ3n) is 2.87. The SMILES string of the molecule is COC(=O)c1cccc2[nH]c(-c3cn(C)cn3)nc12. The number of aromatic nitrogens is 4. The molecule has 19 heavy (non-hydrogen) atoms. The summed E-state index contributed by atoms with van der Waals surface area (Å²) in [6, 6.07) is 5.34. The van der Waals surface area contributed by atoms with Crippen LogP contribution < -0.4 is 0 Å². The maximum absolute atomic E-state index is 11.7. The lowest BCUT2D eigenvalue weighted by Gasteiger charge is -1.98. The predicted octanol–water partition coefficient (Wildman–Crippen LogP) is 1.75. The van der Waals surface area contributed by atoms with Crippen LogP contribution >= 0.6 is 0 Å². The summed E-state index contributed by atoms with van der Waals surface area (Å²) in [6.45, 7) is 0. The van der Waals surface area contributed by atoms with Gasteiger partial charge in [0.15, 0.2) is 5.82 Å². The third-order valence-corrected chi connectivity index (χ3v) is 2.87. The minimum Gasteiger partial charge on any atom is -0.465 e. The Balaban J connectivity index is 2.18. The quantitative estimate of drug-likeness (QED) is 0.709. The second kappa shape index (κ2) is 4.24. The Morgan fingerprint density at radius 3 is 2.95 bits per heavy atom. The van der Waals surface area contributed by atoms with Crippen LogP contribution in [-0.4, -0.2) is 32.6 Å². The summed E-state index contributed by atoms with van der Waals surface area (Å²) in [4.78, 5) is 23.5. The number of carbonyl (C=O) groups excluding carboxylic acids is 1. The fraction of sp³-hybridized carbons (Fsp3) is 0.154. The van der Waals surface area contributed by atoms with Crippen LogP contribution in [-0.2, 0) is 11.8 Å². The van der Waals surface area contributed by atoms with Gasteiger partial charge in [0, 0.05) is 13.2 Å². The first-order chi connectivity index (χ1) is 9.19. The molecule has 0 bridgehead atoms. The first-order valence-corrected chi connectivity index (χ1v) is 5.74. The Kier molecular flexibility index (Phi) is 2.56. The number of nitrogens with one attached hydrogen (secondary N) is 1. The average Bonchev–Trinajstić information content (AvgIpc) is 3.02. The minimum absolute atomic E-state index is 0.398. The van der Waals surface area contributed by atoms with Gasteiger partial charge >= 0.3 is 5.97 Å². The van der Waals surface area contributed by atoms with E-state index in [9.17, 15) is 4.79 Å². The number of aryl methyl sites for hydroxylation is 1. The molecule has 0 fully saturated rings. The van der Waals surface area contributed by atoms with E-state index in [1.807, 2.05) is 23.9 Å². The number of carbonyl (C=O) groups is 1. The van der Waals surface area contributed by atoms with Gasteiger partial charge in [-0.3, -0.25) is 0 Å². The van der Waals surface area contributed by atoms with E-state index >= 15 is 0 Å². The molecule has 0 aliphatic rings. The molecule has 96 valence electrons. The lowest BCUT2D eigenvalue weighted by Crippen LogP contribution is -2.01. The number of nitrogens with zero attached hydrogens (tertiary/aromatic N) is 3. The maximum Gasteiger partial charge on any atom is 0.340 e. The Morgan fingerprint density at radius 1 is 1.42 bits per heavy atom. The van der Waals surface area contributed by atoms with Crippen molar-refractivity contribution in [2.24, 2.45) is 7.05 Å². The van der Waals surface area contributed by atoms with Gasteiger partial charge in [0.1, 0.15) is 11.2 Å². The minimum atomic E-state index is -0.398. The van der Waals surface area contributed by atoms with Gasteiger partial charge in [-0.25, -0.2) is 14.8 Å². The van der Waals surface area contributed by atoms with Crippen LogP contribution in [0.1, 0.15) is 10.4 Å². The van der Waals surface area contributed by atoms with Gasteiger partial charge in [-0.05, 0) is 12.1 Å². The van der Waals surface area contributed by atoms with Gasteiger partial charge < -0.3 is 14.3 Å². The zero-order valence-corrected chi connectivity index (χ0v) is 10.5. The third kappa shape index (κ3) is 1.87. The van der Waals surface area contributed by atoms with Crippen LogP contribution in [0.3, 0.4) is 0 Å². The molecule has 2 aromatic heterocycles. The van der Waals surface area contributed by atoms with E-state index in [-0.39, 0.29) is 0 Å². The van der Waals surface area contributed by atoms with E-state index in [1.54, 1.807) is 18.5 Å². The number of H-pyrrole nitrogens is 1. The predicted molar refractivity (Wildman–Crippen MR) is 69.6 cm³/mol. The molecule has 1 aromatic carbocycles. The van der Waals surface area contributed by atoms with E-state index in [1.165, 1.54) is 7.11 Å². The molecule has 0 spiro atoms. The van der Waals surface area contributed by atoms with E-state index in [4.69, 9.17) is 4.74 Å². The lowest BCUT2D eigenvalue weighted by molar-refractivity contribution is 0.0603. The number of hydrogen-bond donors (Lipinski definition) is 1. The molecule has 0 atom stereocenters. The Labute approximate surface area is 109 Å². The molecule has 6 heteroatoms. The van der Waals surface area contributed by atoms with E-state index in [2.05, 4.69) is 15.0 Å². The van der Waals surface area contributed by atoms with Gasteiger partial charge in [-0.15, -0.1) is 0 Å². The number of imidazole rings is 2. The van der Waals surface area contributed by atoms with Crippen molar-refractivity contribution in [1.82, 2.24) is 19.5 Å². The van der Waals surface area contributed by atoms with E-state index in [0.717, 1.165) is 11.2 Å². The molecule has 1 N–H and O–H groups in total. The first kappa shape index (κ1) is 11.5. The van der Waals surface area contributed by atoms with Crippen LogP contribution in [0.2, 0.25) is 0 Å². The Morgan fingerprint density at radius 2 is 2.26 bits per heavy atom. The smallest absolute Gasteiger partial charge is 0.340 e. The molecule has 0 saturated heterocycles. The molecular weight excluding hydrogens is 244 g/mol. The van der Waals surface area contributed by atoms with Gasteiger partial charge in [-0.1, -0.05) is 6.07 Å². The summed E-state index contributed by atoms with van der Waals surface area (Å²) in [5.41, 5.74) is 2.55. The fourth-order valence-electron chi connectivity index (χ4n) is 1.96. The van der Waals surface area contributed by atoms with Gasteiger partial charge in [0.25, 0.3) is 0 Å². The van der Waals surface area contributed by atoms with Gasteiger partial charge in [-0.2, -0.15) is 0 Å². The van der Waals surface area contributed by atoms with Gasteiger partial charge in [0.2, 0.25) is 0 Å². The van der Waals surface area contributed by atoms with Crippen molar-refractivity contribution in [2.75, 3.05) is 7.11 Å². The largest absolute Gasteiger partial charge is 0.465 e. The van der Waals surface area contributed by atoms with Crippen molar-refractivity contribution < 1.29 is 9.53 Å². The van der Waals surface area contributed by atoms with Crippen molar-refractivity contribution in [3.8, 4) is 11.5 Å². The standard InChI is InChI=1S/C13H12N4O2/c1-17-6-10(14-7-17)12-15-9-5-3-4-8(11(9)16-12)13(18)19-2/h3-7H,1-2H3,(H,15,16). The summed E-state index contributed by atoms with van der Waals surface area (Å²) < 4.78 is 6.59. The van der Waals surface area contributed by atoms with Crippen molar-refractivity contribution in [1.29, 1.82) is 0 Å². The van der Waals surface area contributed by atoms with Crippen molar-refractivity contribution in [2.45, 2.75) is 0 Å². The molecular formula is C13H12N4O2. The molecule has 0 aliphatic carbocycles. The van der Waals surface area contributed by atoms with E-state index < -0.39 is 5.97 Å². The summed E-state index contributed by atoms with van der Waals surface area (Å²) >= 11 is 0. The molecule has 0 aliphatic heterocycles. The highest BCUT2D eigenvalue weighted by Gasteiger charge is 2.15. The van der Waals surface area contributed by atoms with E-state index in [0.29, 0.717) is 16.9 Å². The highest BCUT2D eigenvalue weighted by molar-refractivity contribution is 6.02. The summed E-state index contributed by atoms with van der Waals surface area (Å²) in [5.74, 6) is 0.233. The number of rotatable bonds is 2. The fourth-order valence-corrected chi connectivity index (χ4v) is 1.96. The number of methoxy groups -OCH3 is 1. The summed E-state index contributed by atoms with van der Waals surface area (Å²) in [7, 11) is 3.24. The highest BCUT2D eigenvalue weighted by atomic mass is 16.5. The van der Waals surface area contributed by atoms with Gasteiger partial charge in [0.05, 0.1) is 24.5 Å². The average molecular weight is 256 g/mol. The normalized spacial score (nSPS) is 10.8. The number of ether oxygens (including phenoxy) is 1. The number of hydrogen-bond acceptors (Lipinski definition) is 4. The number of benzene rings is 1. The van der Waals surface area contributed by atoms with Crippen molar-refractivity contribution in [3.05, 3.63) is 36.3 Å². The Hall–Kier alpha value is -2.63. The molecule has 0 radical (unpaired) electrons. The lowest BCUT2D eigenvalue weighted by atomic mass is 10.2. The van der Waals surface area contributed by atoms with Crippen molar-refractivity contribution in [3.63, 3.8) is 0 Å². The highest BCUT2D eigenvalue weighted by Crippen LogP contribution is 2.22. The van der Waals surface area contributed by atoms with Crippen LogP contribution in [0.4, 0.5) is 0 Å². The monoisotopic (exact) mass is 256 g/mol. The van der Waals surface area contributed by atoms with Crippen LogP contribution in [0, 0.1) is 0 Å². The first-order valence-electron chi connectivity index (χ1n) is 5.74. The molecule has 2 heterocycles. The molecule has 6 nitrogen and oxygen atoms in total. The Bertz CT molecular complexity index is 757. The molecule has 0 amide bonds.